The van der Waals surface area contributed by atoms with Crippen molar-refractivity contribution in [3.63, 3.8) is 0 Å². The van der Waals surface area contributed by atoms with Gasteiger partial charge in [-0.05, 0) is 24.1 Å². The molecule has 0 saturated carbocycles. The molecule has 20 heavy (non-hydrogen) atoms. The molecule has 3 amide bonds. The summed E-state index contributed by atoms with van der Waals surface area (Å²) in [4.78, 5) is 25.7. The third kappa shape index (κ3) is 2.12. The van der Waals surface area contributed by atoms with Crippen molar-refractivity contribution in [2.75, 3.05) is 20.2 Å². The van der Waals surface area contributed by atoms with Crippen molar-refractivity contribution in [1.29, 1.82) is 0 Å². The van der Waals surface area contributed by atoms with Gasteiger partial charge in [-0.2, -0.15) is 0 Å². The van der Waals surface area contributed by atoms with Gasteiger partial charge in [0, 0.05) is 13.1 Å². The molecule has 1 heterocycles. The Morgan fingerprint density at radius 3 is 2.45 bits per heavy atom. The number of rotatable bonds is 5. The molecule has 6 heteroatoms. The van der Waals surface area contributed by atoms with Crippen LogP contribution in [-0.4, -0.2) is 37.0 Å². The third-order valence-electron chi connectivity index (χ3n) is 3.64. The summed E-state index contributed by atoms with van der Waals surface area (Å²) in [6.07, 6.45) is 0.477. The second-order valence-corrected chi connectivity index (χ2v) is 4.66. The Kier molecular flexibility index (Phi) is 3.94. The smallest absolute Gasteiger partial charge is 0.325 e. The van der Waals surface area contributed by atoms with E-state index in [4.69, 9.17) is 10.5 Å². The van der Waals surface area contributed by atoms with Crippen molar-refractivity contribution < 1.29 is 14.3 Å². The van der Waals surface area contributed by atoms with Gasteiger partial charge in [-0.1, -0.05) is 19.1 Å². The van der Waals surface area contributed by atoms with Crippen LogP contribution in [0.25, 0.3) is 0 Å². The van der Waals surface area contributed by atoms with Gasteiger partial charge in [-0.25, -0.2) is 4.79 Å². The SMILES string of the molecule is CCC1(c2ccc(OC)cc2)NC(=O)N(CCN)C1=O. The van der Waals surface area contributed by atoms with Crippen LogP contribution in [0.1, 0.15) is 18.9 Å². The lowest BCUT2D eigenvalue weighted by Crippen LogP contribution is -2.43. The first-order valence-electron chi connectivity index (χ1n) is 6.57. The zero-order valence-corrected chi connectivity index (χ0v) is 11.7. The molecular weight excluding hydrogens is 258 g/mol. The lowest BCUT2D eigenvalue weighted by Gasteiger charge is -2.25. The molecule has 0 spiro atoms. The number of benzene rings is 1. The van der Waals surface area contributed by atoms with E-state index in [0.29, 0.717) is 12.2 Å². The largest absolute Gasteiger partial charge is 0.497 e. The minimum atomic E-state index is -1.00. The molecule has 6 nitrogen and oxygen atoms in total. The van der Waals surface area contributed by atoms with Crippen LogP contribution in [-0.2, 0) is 10.3 Å². The maximum Gasteiger partial charge on any atom is 0.325 e. The number of nitrogens with zero attached hydrogens (tertiary/aromatic N) is 1. The monoisotopic (exact) mass is 277 g/mol. The average molecular weight is 277 g/mol. The van der Waals surface area contributed by atoms with E-state index in [1.54, 1.807) is 31.4 Å². The van der Waals surface area contributed by atoms with Crippen LogP contribution in [0.5, 0.6) is 5.75 Å². The van der Waals surface area contributed by atoms with Gasteiger partial charge in [-0.3, -0.25) is 9.69 Å². The van der Waals surface area contributed by atoms with Crippen LogP contribution in [0.4, 0.5) is 4.79 Å². The normalized spacial score (nSPS) is 22.1. The topological polar surface area (TPSA) is 84.7 Å². The van der Waals surface area contributed by atoms with Crippen LogP contribution in [0.3, 0.4) is 0 Å². The van der Waals surface area contributed by atoms with Crippen LogP contribution in [0.2, 0.25) is 0 Å². The number of nitrogens with one attached hydrogen (secondary N) is 1. The summed E-state index contributed by atoms with van der Waals surface area (Å²) < 4.78 is 5.11. The van der Waals surface area contributed by atoms with Crippen LogP contribution < -0.4 is 15.8 Å². The van der Waals surface area contributed by atoms with Gasteiger partial charge in [-0.15, -0.1) is 0 Å². The van der Waals surface area contributed by atoms with Gasteiger partial charge in [0.25, 0.3) is 5.91 Å². The van der Waals surface area contributed by atoms with Crippen molar-refractivity contribution >= 4 is 11.9 Å². The quantitative estimate of drug-likeness (QED) is 0.780. The fraction of sp³-hybridized carbons (Fsp3) is 0.429. The Bertz CT molecular complexity index is 515. The Balaban J connectivity index is 2.38. The molecule has 1 aliphatic rings. The predicted molar refractivity (Wildman–Crippen MR) is 74.3 cm³/mol. The number of hydrogen-bond donors (Lipinski definition) is 2. The van der Waals surface area contributed by atoms with E-state index >= 15 is 0 Å². The minimum absolute atomic E-state index is 0.225. The van der Waals surface area contributed by atoms with E-state index in [1.165, 1.54) is 4.90 Å². The van der Waals surface area contributed by atoms with Gasteiger partial charge in [0.15, 0.2) is 0 Å². The van der Waals surface area contributed by atoms with Gasteiger partial charge >= 0.3 is 6.03 Å². The summed E-state index contributed by atoms with van der Waals surface area (Å²) in [6, 6.07) is 6.76. The molecule has 1 aromatic carbocycles. The molecule has 0 aliphatic carbocycles. The first-order chi connectivity index (χ1) is 9.58. The molecule has 1 atom stereocenters. The van der Waals surface area contributed by atoms with Crippen LogP contribution in [0, 0.1) is 0 Å². The average Bonchev–Trinajstić information content (AvgIpc) is 2.73. The van der Waals surface area contributed by atoms with Crippen molar-refractivity contribution in [3.8, 4) is 5.75 Å². The molecule has 108 valence electrons. The van der Waals surface area contributed by atoms with Crippen LogP contribution >= 0.6 is 0 Å². The molecule has 2 rings (SSSR count). The molecular formula is C14H19N3O3. The number of ether oxygens (including phenoxy) is 1. The van der Waals surface area contributed by atoms with Gasteiger partial charge in [0.2, 0.25) is 0 Å². The molecule has 1 aromatic rings. The Morgan fingerprint density at radius 2 is 1.95 bits per heavy atom. The van der Waals surface area contributed by atoms with Gasteiger partial charge in [0.1, 0.15) is 11.3 Å². The van der Waals surface area contributed by atoms with E-state index in [1.807, 2.05) is 6.92 Å². The standard InChI is InChI=1S/C14H19N3O3/c1-3-14(10-4-6-11(20-2)7-5-10)12(18)17(9-8-15)13(19)16-14/h4-7H,3,8-9,15H2,1-2H3,(H,16,19). The molecule has 0 aromatic heterocycles. The lowest BCUT2D eigenvalue weighted by molar-refractivity contribution is -0.131. The first-order valence-corrected chi connectivity index (χ1v) is 6.57. The number of imide groups is 1. The fourth-order valence-corrected chi connectivity index (χ4v) is 2.47. The molecule has 1 fully saturated rings. The Labute approximate surface area is 117 Å². The zero-order chi connectivity index (χ0) is 14.8. The van der Waals surface area contributed by atoms with Gasteiger partial charge < -0.3 is 15.8 Å². The van der Waals surface area contributed by atoms with E-state index in [0.717, 1.165) is 5.56 Å². The van der Waals surface area contributed by atoms with Crippen molar-refractivity contribution in [1.82, 2.24) is 10.2 Å². The van der Waals surface area contributed by atoms with Gasteiger partial charge in [0.05, 0.1) is 7.11 Å². The molecule has 1 aliphatic heterocycles. The molecule has 0 radical (unpaired) electrons. The Morgan fingerprint density at radius 1 is 1.30 bits per heavy atom. The number of urea groups is 1. The van der Waals surface area contributed by atoms with E-state index in [2.05, 4.69) is 5.32 Å². The highest BCUT2D eigenvalue weighted by Crippen LogP contribution is 2.33. The number of nitrogens with two attached hydrogens (primary N) is 1. The van der Waals surface area contributed by atoms with Crippen LogP contribution in [0.15, 0.2) is 24.3 Å². The summed E-state index contributed by atoms with van der Waals surface area (Å²) in [5.41, 5.74) is 5.20. The highest BCUT2D eigenvalue weighted by Gasteiger charge is 2.50. The number of carbonyl (C=O) groups excluding carboxylic acids is 2. The minimum Gasteiger partial charge on any atom is -0.497 e. The summed E-state index contributed by atoms with van der Waals surface area (Å²) in [7, 11) is 1.58. The van der Waals surface area contributed by atoms with Crippen molar-refractivity contribution in [2.24, 2.45) is 5.73 Å². The second-order valence-electron chi connectivity index (χ2n) is 4.66. The van der Waals surface area contributed by atoms with E-state index < -0.39 is 11.6 Å². The summed E-state index contributed by atoms with van der Waals surface area (Å²) in [5, 5.41) is 2.80. The lowest BCUT2D eigenvalue weighted by atomic mass is 9.87. The third-order valence-corrected chi connectivity index (χ3v) is 3.64. The summed E-state index contributed by atoms with van der Waals surface area (Å²) in [5.74, 6) is 0.455. The summed E-state index contributed by atoms with van der Waals surface area (Å²) in [6.45, 7) is 2.35. The maximum atomic E-state index is 12.6. The molecule has 1 unspecified atom stereocenters. The van der Waals surface area contributed by atoms with Crippen molar-refractivity contribution in [2.45, 2.75) is 18.9 Å². The van der Waals surface area contributed by atoms with E-state index in [-0.39, 0.29) is 19.0 Å². The molecule has 0 bridgehead atoms. The number of carbonyl (C=O) groups is 2. The summed E-state index contributed by atoms with van der Waals surface area (Å²) >= 11 is 0. The highest BCUT2D eigenvalue weighted by atomic mass is 16.5. The molecule has 3 N–H and O–H groups in total. The zero-order valence-electron chi connectivity index (χ0n) is 11.7. The van der Waals surface area contributed by atoms with Crippen molar-refractivity contribution in [3.05, 3.63) is 29.8 Å². The Hall–Kier alpha value is -2.08. The second kappa shape index (κ2) is 5.50. The number of methoxy groups -OCH3 is 1. The predicted octanol–water partition coefficient (Wildman–Crippen LogP) is 0.811. The first kappa shape index (κ1) is 14.3. The fourth-order valence-electron chi connectivity index (χ4n) is 2.47. The number of amides is 3. The molecule has 1 saturated heterocycles. The number of hydrogen-bond acceptors (Lipinski definition) is 4. The van der Waals surface area contributed by atoms with E-state index in [9.17, 15) is 9.59 Å². The maximum absolute atomic E-state index is 12.6. The highest BCUT2D eigenvalue weighted by molar-refractivity contribution is 6.07.